The highest BCUT2D eigenvalue weighted by Gasteiger charge is 2.12. The van der Waals surface area contributed by atoms with Crippen LogP contribution >= 0.6 is 12.2 Å². The van der Waals surface area contributed by atoms with E-state index in [-0.39, 0.29) is 0 Å². The first-order valence-electron chi connectivity index (χ1n) is 8.31. The Morgan fingerprint density at radius 3 is 2.36 bits per heavy atom. The Labute approximate surface area is 155 Å². The van der Waals surface area contributed by atoms with Crippen LogP contribution in [0.15, 0.2) is 36.4 Å². The first kappa shape index (κ1) is 19.1. The van der Waals surface area contributed by atoms with Crippen molar-refractivity contribution in [3.8, 4) is 11.5 Å². The fraction of sp³-hybridized carbons (Fsp3) is 0.350. The van der Waals surface area contributed by atoms with E-state index in [9.17, 15) is 0 Å². The molecule has 0 saturated carbocycles. The minimum absolute atomic E-state index is 0.687. The summed E-state index contributed by atoms with van der Waals surface area (Å²) in [5, 5.41) is 4.04. The van der Waals surface area contributed by atoms with Gasteiger partial charge in [0, 0.05) is 19.3 Å². The molecule has 2 rings (SSSR count). The zero-order chi connectivity index (χ0) is 18.4. The van der Waals surface area contributed by atoms with Gasteiger partial charge in [0.15, 0.2) is 16.6 Å². The van der Waals surface area contributed by atoms with E-state index in [0.29, 0.717) is 11.7 Å². The Morgan fingerprint density at radius 2 is 1.72 bits per heavy atom. The number of nitrogens with zero attached hydrogens (tertiary/aromatic N) is 1. The van der Waals surface area contributed by atoms with Crippen LogP contribution in [0.4, 0.5) is 5.69 Å². The predicted molar refractivity (Wildman–Crippen MR) is 108 cm³/mol. The molecule has 0 unspecified atom stereocenters. The second kappa shape index (κ2) is 8.72. The van der Waals surface area contributed by atoms with E-state index in [1.807, 2.05) is 36.2 Å². The zero-order valence-corrected chi connectivity index (χ0v) is 16.4. The molecule has 0 saturated heterocycles. The lowest BCUT2D eigenvalue weighted by Crippen LogP contribution is -2.31. The van der Waals surface area contributed by atoms with Crippen LogP contribution in [-0.2, 0) is 13.0 Å². The Kier molecular flexibility index (Phi) is 6.65. The maximum atomic E-state index is 5.58. The standard InChI is InChI=1S/C20H26N2O2S/c1-6-15-9-7-8-10-17(15)21-20(25)22(3)13-16-12-19(24-5)18(23-4)11-14(16)2/h7-12H,6,13H2,1-5H3,(H,21,25). The second-order valence-electron chi connectivity index (χ2n) is 5.93. The molecule has 0 aliphatic heterocycles. The Morgan fingerprint density at radius 1 is 1.08 bits per heavy atom. The second-order valence-corrected chi connectivity index (χ2v) is 6.32. The molecule has 1 N–H and O–H groups in total. The molecular formula is C20H26N2O2S. The number of rotatable bonds is 6. The highest BCUT2D eigenvalue weighted by atomic mass is 32.1. The zero-order valence-electron chi connectivity index (χ0n) is 15.6. The van der Waals surface area contributed by atoms with Crippen LogP contribution in [-0.4, -0.2) is 31.3 Å². The topological polar surface area (TPSA) is 33.7 Å². The molecule has 0 radical (unpaired) electrons. The summed E-state index contributed by atoms with van der Waals surface area (Å²) in [4.78, 5) is 2.02. The Balaban J connectivity index is 2.13. The molecule has 4 nitrogen and oxygen atoms in total. The first-order valence-corrected chi connectivity index (χ1v) is 8.72. The van der Waals surface area contributed by atoms with Gasteiger partial charge in [0.2, 0.25) is 0 Å². The molecule has 0 atom stereocenters. The van der Waals surface area contributed by atoms with Gasteiger partial charge in [-0.15, -0.1) is 0 Å². The van der Waals surface area contributed by atoms with Crippen LogP contribution in [0.25, 0.3) is 0 Å². The number of para-hydroxylation sites is 1. The lowest BCUT2D eigenvalue weighted by Gasteiger charge is -2.23. The number of methoxy groups -OCH3 is 2. The van der Waals surface area contributed by atoms with Crippen LogP contribution in [0.3, 0.4) is 0 Å². The van der Waals surface area contributed by atoms with Gasteiger partial charge in [0.25, 0.3) is 0 Å². The van der Waals surface area contributed by atoms with Crippen molar-refractivity contribution in [1.29, 1.82) is 0 Å². The fourth-order valence-electron chi connectivity index (χ4n) is 2.68. The minimum Gasteiger partial charge on any atom is -0.493 e. The largest absolute Gasteiger partial charge is 0.493 e. The normalized spacial score (nSPS) is 10.3. The number of ether oxygens (including phenoxy) is 2. The van der Waals surface area contributed by atoms with Gasteiger partial charge in [-0.2, -0.15) is 0 Å². The molecule has 0 aliphatic carbocycles. The Hall–Kier alpha value is -2.27. The number of aryl methyl sites for hydroxylation is 2. The number of hydrogen-bond acceptors (Lipinski definition) is 3. The van der Waals surface area contributed by atoms with Gasteiger partial charge in [-0.05, 0) is 60.5 Å². The van der Waals surface area contributed by atoms with Gasteiger partial charge >= 0.3 is 0 Å². The van der Waals surface area contributed by atoms with Crippen molar-refractivity contribution < 1.29 is 9.47 Å². The van der Waals surface area contributed by atoms with Crippen molar-refractivity contribution in [1.82, 2.24) is 4.90 Å². The molecule has 0 fully saturated rings. The third kappa shape index (κ3) is 4.63. The average molecular weight is 359 g/mol. The molecule has 134 valence electrons. The van der Waals surface area contributed by atoms with E-state index in [1.165, 1.54) is 5.56 Å². The lowest BCUT2D eigenvalue weighted by molar-refractivity contribution is 0.353. The SMILES string of the molecule is CCc1ccccc1NC(=S)N(C)Cc1cc(OC)c(OC)cc1C. The van der Waals surface area contributed by atoms with Crippen molar-refractivity contribution in [3.63, 3.8) is 0 Å². The number of benzene rings is 2. The number of hydrogen-bond donors (Lipinski definition) is 1. The number of nitrogens with one attached hydrogen (secondary N) is 1. The first-order chi connectivity index (χ1) is 12.0. The van der Waals surface area contributed by atoms with Crippen molar-refractivity contribution in [2.45, 2.75) is 26.8 Å². The molecule has 2 aromatic carbocycles. The van der Waals surface area contributed by atoms with Crippen molar-refractivity contribution >= 4 is 23.0 Å². The van der Waals surface area contributed by atoms with Crippen LogP contribution in [0.2, 0.25) is 0 Å². The van der Waals surface area contributed by atoms with Crippen LogP contribution in [0.5, 0.6) is 11.5 Å². The van der Waals surface area contributed by atoms with Crippen molar-refractivity contribution in [2.24, 2.45) is 0 Å². The lowest BCUT2D eigenvalue weighted by atomic mass is 10.1. The molecule has 5 heteroatoms. The van der Waals surface area contributed by atoms with Gasteiger partial charge < -0.3 is 19.7 Å². The predicted octanol–water partition coefficient (Wildman–Crippen LogP) is 4.40. The maximum Gasteiger partial charge on any atom is 0.173 e. The number of anilines is 1. The van der Waals surface area contributed by atoms with Crippen molar-refractivity contribution in [2.75, 3.05) is 26.6 Å². The summed E-state index contributed by atoms with van der Waals surface area (Å²) in [6.07, 6.45) is 0.963. The molecule has 0 amide bonds. The average Bonchev–Trinajstić information content (AvgIpc) is 2.63. The summed E-state index contributed by atoms with van der Waals surface area (Å²) in [5.41, 5.74) is 4.60. The molecule has 0 heterocycles. The van der Waals surface area contributed by atoms with Gasteiger partial charge in [0.05, 0.1) is 14.2 Å². The highest BCUT2D eigenvalue weighted by molar-refractivity contribution is 7.80. The molecular weight excluding hydrogens is 332 g/mol. The smallest absolute Gasteiger partial charge is 0.173 e. The molecule has 0 spiro atoms. The van der Waals surface area contributed by atoms with E-state index in [4.69, 9.17) is 21.7 Å². The molecule has 25 heavy (non-hydrogen) atoms. The molecule has 2 aromatic rings. The summed E-state index contributed by atoms with van der Waals surface area (Å²) in [7, 11) is 5.28. The van der Waals surface area contributed by atoms with Crippen LogP contribution < -0.4 is 14.8 Å². The van der Waals surface area contributed by atoms with Gasteiger partial charge in [-0.25, -0.2) is 0 Å². The Bertz CT molecular complexity index is 746. The quantitative estimate of drug-likeness (QED) is 0.774. The van der Waals surface area contributed by atoms with E-state index >= 15 is 0 Å². The van der Waals surface area contributed by atoms with Gasteiger partial charge in [-0.1, -0.05) is 25.1 Å². The third-order valence-electron chi connectivity index (χ3n) is 4.24. The number of thiocarbonyl (C=S) groups is 1. The maximum absolute atomic E-state index is 5.58. The summed E-state index contributed by atoms with van der Waals surface area (Å²) >= 11 is 5.58. The summed E-state index contributed by atoms with van der Waals surface area (Å²) < 4.78 is 10.8. The molecule has 0 aromatic heterocycles. The monoisotopic (exact) mass is 358 g/mol. The molecule has 0 bridgehead atoms. The van der Waals surface area contributed by atoms with Crippen molar-refractivity contribution in [3.05, 3.63) is 53.1 Å². The van der Waals surface area contributed by atoms with E-state index in [2.05, 4.69) is 31.3 Å². The third-order valence-corrected chi connectivity index (χ3v) is 4.65. The highest BCUT2D eigenvalue weighted by Crippen LogP contribution is 2.30. The van der Waals surface area contributed by atoms with Crippen LogP contribution in [0, 0.1) is 6.92 Å². The fourth-order valence-corrected chi connectivity index (χ4v) is 2.86. The molecule has 0 aliphatic rings. The summed E-state index contributed by atoms with van der Waals surface area (Å²) in [6.45, 7) is 4.89. The van der Waals surface area contributed by atoms with E-state index in [1.54, 1.807) is 14.2 Å². The van der Waals surface area contributed by atoms with E-state index in [0.717, 1.165) is 34.7 Å². The minimum atomic E-state index is 0.687. The van der Waals surface area contributed by atoms with E-state index < -0.39 is 0 Å². The van der Waals surface area contributed by atoms with Gasteiger partial charge in [0.1, 0.15) is 0 Å². The summed E-state index contributed by atoms with van der Waals surface area (Å²) in [5.74, 6) is 1.47. The van der Waals surface area contributed by atoms with Gasteiger partial charge in [-0.3, -0.25) is 0 Å². The summed E-state index contributed by atoms with van der Waals surface area (Å²) in [6, 6.07) is 12.2. The van der Waals surface area contributed by atoms with Crippen LogP contribution in [0.1, 0.15) is 23.6 Å².